The molecule has 1 heterocycles. The van der Waals surface area contributed by atoms with Gasteiger partial charge in [0.05, 0.1) is 11.8 Å². The Morgan fingerprint density at radius 2 is 1.74 bits per heavy atom. The molecule has 0 spiro atoms. The zero-order valence-electron chi connectivity index (χ0n) is 14.8. The highest BCUT2D eigenvalue weighted by atomic mass is 16.3. The third-order valence-electron chi connectivity index (χ3n) is 4.22. The van der Waals surface area contributed by atoms with Gasteiger partial charge in [0.15, 0.2) is 11.5 Å². The van der Waals surface area contributed by atoms with Gasteiger partial charge in [0.2, 0.25) is 5.75 Å². The number of hydrogen-bond acceptors (Lipinski definition) is 5. The van der Waals surface area contributed by atoms with Crippen molar-refractivity contribution in [2.75, 3.05) is 0 Å². The van der Waals surface area contributed by atoms with E-state index in [1.165, 1.54) is 18.3 Å². The Bertz CT molecular complexity index is 1020. The van der Waals surface area contributed by atoms with Crippen molar-refractivity contribution in [2.45, 2.75) is 13.8 Å². The topological polar surface area (TPSA) is 107 Å². The zero-order valence-corrected chi connectivity index (χ0v) is 14.8. The Morgan fingerprint density at radius 1 is 1.04 bits per heavy atom. The molecule has 3 rings (SSSR count). The number of hydrazone groups is 1. The Hall–Kier alpha value is -3.74. The van der Waals surface area contributed by atoms with Crippen molar-refractivity contribution in [3.8, 4) is 22.9 Å². The van der Waals surface area contributed by atoms with Gasteiger partial charge >= 0.3 is 0 Å². The smallest absolute Gasteiger partial charge is 0.273 e. The van der Waals surface area contributed by atoms with Crippen molar-refractivity contribution in [2.24, 2.45) is 5.10 Å². The van der Waals surface area contributed by atoms with Crippen molar-refractivity contribution in [3.05, 3.63) is 71.0 Å². The summed E-state index contributed by atoms with van der Waals surface area (Å²) in [5, 5.41) is 32.4. The van der Waals surface area contributed by atoms with Gasteiger partial charge in [0.1, 0.15) is 0 Å². The van der Waals surface area contributed by atoms with Crippen LogP contribution in [0.4, 0.5) is 0 Å². The van der Waals surface area contributed by atoms with E-state index in [4.69, 9.17) is 0 Å². The Balaban J connectivity index is 1.81. The van der Waals surface area contributed by atoms with Crippen molar-refractivity contribution in [3.63, 3.8) is 0 Å². The molecule has 138 valence electrons. The molecule has 27 heavy (non-hydrogen) atoms. The van der Waals surface area contributed by atoms with E-state index in [1.807, 2.05) is 48.7 Å². The molecule has 4 N–H and O–H groups in total. The molecule has 0 atom stereocenters. The third-order valence-corrected chi connectivity index (χ3v) is 4.22. The van der Waals surface area contributed by atoms with Crippen molar-refractivity contribution >= 4 is 12.1 Å². The lowest BCUT2D eigenvalue weighted by Crippen LogP contribution is -2.18. The quantitative estimate of drug-likeness (QED) is 0.324. The molecule has 3 aromatic rings. The standard InChI is InChI=1S/C20H19N3O4/c1-12-10-16(13(2)23(12)15-6-4-3-5-7-15)20(27)22-21-11-14-8-9-17(24)19(26)18(14)25/h3-11,24-26H,1-2H3,(H,22,27)/b21-11+. The van der Waals surface area contributed by atoms with E-state index in [0.717, 1.165) is 17.1 Å². The molecule has 1 aromatic heterocycles. The highest BCUT2D eigenvalue weighted by molar-refractivity contribution is 5.96. The van der Waals surface area contributed by atoms with Gasteiger partial charge in [0.25, 0.3) is 5.91 Å². The van der Waals surface area contributed by atoms with Gasteiger partial charge in [-0.3, -0.25) is 4.79 Å². The summed E-state index contributed by atoms with van der Waals surface area (Å²) in [5.41, 5.74) is 5.68. The minimum atomic E-state index is -0.642. The molecule has 0 saturated heterocycles. The Kier molecular flexibility index (Phi) is 4.85. The van der Waals surface area contributed by atoms with Gasteiger partial charge in [-0.05, 0) is 44.2 Å². The summed E-state index contributed by atoms with van der Waals surface area (Å²) in [5.74, 6) is -2.00. The van der Waals surface area contributed by atoms with Gasteiger partial charge in [-0.1, -0.05) is 18.2 Å². The van der Waals surface area contributed by atoms with Gasteiger partial charge in [-0.25, -0.2) is 5.43 Å². The first-order valence-corrected chi connectivity index (χ1v) is 8.21. The van der Waals surface area contributed by atoms with E-state index in [-0.39, 0.29) is 5.56 Å². The molecule has 0 aliphatic heterocycles. The minimum Gasteiger partial charge on any atom is -0.504 e. The van der Waals surface area contributed by atoms with Gasteiger partial charge in [-0.2, -0.15) is 5.10 Å². The Morgan fingerprint density at radius 3 is 2.44 bits per heavy atom. The fourth-order valence-electron chi connectivity index (χ4n) is 2.88. The second-order valence-electron chi connectivity index (χ2n) is 6.03. The summed E-state index contributed by atoms with van der Waals surface area (Å²) in [6.07, 6.45) is 1.18. The predicted octanol–water partition coefficient (Wildman–Crippen LogP) is 2.97. The molecule has 0 bridgehead atoms. The largest absolute Gasteiger partial charge is 0.504 e. The highest BCUT2D eigenvalue weighted by Gasteiger charge is 2.16. The van der Waals surface area contributed by atoms with Crippen LogP contribution in [0.1, 0.15) is 27.3 Å². The van der Waals surface area contributed by atoms with Gasteiger partial charge in [0, 0.05) is 22.6 Å². The number of phenols is 3. The fraction of sp³-hybridized carbons (Fsp3) is 0.100. The normalized spacial score (nSPS) is 11.0. The van der Waals surface area contributed by atoms with Crippen LogP contribution in [0.5, 0.6) is 17.2 Å². The van der Waals surface area contributed by atoms with E-state index in [9.17, 15) is 20.1 Å². The number of carbonyl (C=O) groups is 1. The molecular weight excluding hydrogens is 346 g/mol. The maximum Gasteiger partial charge on any atom is 0.273 e. The second-order valence-corrected chi connectivity index (χ2v) is 6.03. The average molecular weight is 365 g/mol. The molecule has 0 fully saturated rings. The van der Waals surface area contributed by atoms with Crippen LogP contribution in [0.2, 0.25) is 0 Å². The second kappa shape index (κ2) is 7.25. The van der Waals surface area contributed by atoms with Gasteiger partial charge < -0.3 is 19.9 Å². The number of aromatic hydroxyl groups is 3. The molecule has 0 aliphatic carbocycles. The number of benzene rings is 2. The van der Waals surface area contributed by atoms with Crippen molar-refractivity contribution in [1.82, 2.24) is 9.99 Å². The highest BCUT2D eigenvalue weighted by Crippen LogP contribution is 2.36. The fourth-order valence-corrected chi connectivity index (χ4v) is 2.88. The van der Waals surface area contributed by atoms with Crippen LogP contribution < -0.4 is 5.43 Å². The molecule has 7 nitrogen and oxygen atoms in total. The van der Waals surface area contributed by atoms with Crippen LogP contribution in [0.3, 0.4) is 0 Å². The molecule has 2 aromatic carbocycles. The zero-order chi connectivity index (χ0) is 19.6. The number of carbonyl (C=O) groups excluding carboxylic acids is 1. The summed E-state index contributed by atoms with van der Waals surface area (Å²) >= 11 is 0. The SMILES string of the molecule is Cc1cc(C(=O)N/N=C/c2ccc(O)c(O)c2O)c(C)n1-c1ccccc1. The Labute approximate surface area is 155 Å². The number of nitrogens with one attached hydrogen (secondary N) is 1. The monoisotopic (exact) mass is 365 g/mol. The maximum absolute atomic E-state index is 12.5. The van der Waals surface area contributed by atoms with Crippen LogP contribution in [0, 0.1) is 13.8 Å². The average Bonchev–Trinajstić information content (AvgIpc) is 2.96. The van der Waals surface area contributed by atoms with Crippen LogP contribution >= 0.6 is 0 Å². The number of para-hydroxylation sites is 1. The number of rotatable bonds is 4. The first kappa shape index (κ1) is 18.1. The van der Waals surface area contributed by atoms with Crippen molar-refractivity contribution in [1.29, 1.82) is 0 Å². The minimum absolute atomic E-state index is 0.153. The first-order chi connectivity index (χ1) is 12.9. The summed E-state index contributed by atoms with van der Waals surface area (Å²) in [6, 6.07) is 14.1. The number of phenolic OH excluding ortho intramolecular Hbond substituents is 3. The molecule has 7 heteroatoms. The number of nitrogens with zero attached hydrogens (tertiary/aromatic N) is 2. The van der Waals surface area contributed by atoms with Crippen LogP contribution in [0.15, 0.2) is 53.6 Å². The summed E-state index contributed by atoms with van der Waals surface area (Å²) in [6.45, 7) is 3.76. The van der Waals surface area contributed by atoms with E-state index in [0.29, 0.717) is 5.56 Å². The molecule has 0 aliphatic rings. The van der Waals surface area contributed by atoms with Crippen LogP contribution in [-0.2, 0) is 0 Å². The van der Waals surface area contributed by atoms with E-state index >= 15 is 0 Å². The number of hydrogen-bond donors (Lipinski definition) is 4. The maximum atomic E-state index is 12.5. The lowest BCUT2D eigenvalue weighted by Gasteiger charge is -2.09. The number of aryl methyl sites for hydroxylation is 1. The van der Waals surface area contributed by atoms with Gasteiger partial charge in [-0.15, -0.1) is 0 Å². The third kappa shape index (κ3) is 3.48. The van der Waals surface area contributed by atoms with E-state index in [1.54, 1.807) is 6.07 Å². The van der Waals surface area contributed by atoms with E-state index in [2.05, 4.69) is 10.5 Å². The van der Waals surface area contributed by atoms with E-state index < -0.39 is 23.2 Å². The molecular formula is C20H19N3O4. The van der Waals surface area contributed by atoms with Crippen molar-refractivity contribution < 1.29 is 20.1 Å². The molecule has 0 unspecified atom stereocenters. The number of aromatic nitrogens is 1. The molecule has 0 radical (unpaired) electrons. The van der Waals surface area contributed by atoms with Crippen LogP contribution in [0.25, 0.3) is 5.69 Å². The summed E-state index contributed by atoms with van der Waals surface area (Å²) in [7, 11) is 0. The molecule has 0 saturated carbocycles. The predicted molar refractivity (Wildman–Crippen MR) is 102 cm³/mol. The lowest BCUT2D eigenvalue weighted by molar-refractivity contribution is 0.0954. The molecule has 1 amide bonds. The lowest BCUT2D eigenvalue weighted by atomic mass is 10.2. The first-order valence-electron chi connectivity index (χ1n) is 8.21. The summed E-state index contributed by atoms with van der Waals surface area (Å²) in [4.78, 5) is 12.5. The van der Waals surface area contributed by atoms with Crippen LogP contribution in [-0.4, -0.2) is 32.0 Å². The summed E-state index contributed by atoms with van der Waals surface area (Å²) < 4.78 is 1.97. The number of amides is 1.